The summed E-state index contributed by atoms with van der Waals surface area (Å²) in [5, 5.41) is 18.4. The number of carboxylic acids is 1. The Kier molecular flexibility index (Phi) is 5.67. The van der Waals surface area contributed by atoms with Gasteiger partial charge in [0.25, 0.3) is 0 Å². The van der Waals surface area contributed by atoms with Crippen LogP contribution in [0.2, 0.25) is 0 Å². The van der Waals surface area contributed by atoms with Crippen molar-refractivity contribution in [2.45, 2.75) is 37.7 Å². The highest BCUT2D eigenvalue weighted by Crippen LogP contribution is 2.18. The van der Waals surface area contributed by atoms with Gasteiger partial charge < -0.3 is 10.2 Å². The monoisotopic (exact) mass is 301 g/mol. The Labute approximate surface area is 118 Å². The van der Waals surface area contributed by atoms with E-state index in [1.807, 2.05) is 0 Å². The van der Waals surface area contributed by atoms with Gasteiger partial charge in [-0.2, -0.15) is 0 Å². The normalized spacial score (nSPS) is 13.2. The van der Waals surface area contributed by atoms with E-state index in [1.54, 1.807) is 13.8 Å². The molecule has 3 N–H and O–H groups in total. The Morgan fingerprint density at radius 3 is 2.50 bits per heavy atom. The van der Waals surface area contributed by atoms with E-state index in [9.17, 15) is 18.3 Å². The van der Waals surface area contributed by atoms with Gasteiger partial charge in [0, 0.05) is 6.54 Å². The molecule has 0 aliphatic carbocycles. The van der Waals surface area contributed by atoms with Gasteiger partial charge in [0.05, 0.1) is 16.6 Å². The summed E-state index contributed by atoms with van der Waals surface area (Å²) in [5.41, 5.74) is 0.451. The molecule has 0 saturated carbocycles. The standard InChI is InChI=1S/C13H19NO5S/c1-3-9-5-6-10(13(16)17)7-12(9)20(18,19)14-8-11(15)4-2/h5-7,11,14-15H,3-4,8H2,1-2H3,(H,16,17). The lowest BCUT2D eigenvalue weighted by Gasteiger charge is -2.13. The number of aliphatic hydroxyl groups is 1. The highest BCUT2D eigenvalue weighted by molar-refractivity contribution is 7.89. The number of nitrogens with one attached hydrogen (secondary N) is 1. The molecule has 20 heavy (non-hydrogen) atoms. The van der Waals surface area contributed by atoms with Crippen LogP contribution in [0.5, 0.6) is 0 Å². The maximum Gasteiger partial charge on any atom is 0.335 e. The third-order valence-electron chi connectivity index (χ3n) is 2.96. The summed E-state index contributed by atoms with van der Waals surface area (Å²) in [6, 6.07) is 4.01. The summed E-state index contributed by atoms with van der Waals surface area (Å²) in [6.07, 6.45) is 0.127. The summed E-state index contributed by atoms with van der Waals surface area (Å²) < 4.78 is 26.7. The van der Waals surface area contributed by atoms with E-state index in [1.165, 1.54) is 12.1 Å². The zero-order valence-corrected chi connectivity index (χ0v) is 12.3. The summed E-state index contributed by atoms with van der Waals surface area (Å²) in [5.74, 6) is -1.18. The lowest BCUT2D eigenvalue weighted by atomic mass is 10.1. The van der Waals surface area contributed by atoms with Crippen LogP contribution in [0.25, 0.3) is 0 Å². The fourth-order valence-electron chi connectivity index (χ4n) is 1.66. The van der Waals surface area contributed by atoms with Gasteiger partial charge >= 0.3 is 5.97 Å². The van der Waals surface area contributed by atoms with Crippen LogP contribution in [-0.2, 0) is 16.4 Å². The maximum atomic E-state index is 12.2. The van der Waals surface area contributed by atoms with Crippen LogP contribution in [0.3, 0.4) is 0 Å². The molecule has 0 amide bonds. The summed E-state index contributed by atoms with van der Waals surface area (Å²) in [4.78, 5) is 10.9. The zero-order valence-electron chi connectivity index (χ0n) is 11.5. The second-order valence-electron chi connectivity index (χ2n) is 4.40. The Balaban J connectivity index is 3.14. The molecule has 0 radical (unpaired) electrons. The van der Waals surface area contributed by atoms with Crippen LogP contribution in [-0.4, -0.2) is 37.2 Å². The van der Waals surface area contributed by atoms with E-state index < -0.39 is 22.1 Å². The van der Waals surface area contributed by atoms with Gasteiger partial charge in [-0.15, -0.1) is 0 Å². The van der Waals surface area contributed by atoms with Crippen molar-refractivity contribution in [2.75, 3.05) is 6.54 Å². The van der Waals surface area contributed by atoms with Crippen molar-refractivity contribution in [3.8, 4) is 0 Å². The molecule has 0 bridgehead atoms. The number of carbonyl (C=O) groups is 1. The minimum Gasteiger partial charge on any atom is -0.478 e. The second kappa shape index (κ2) is 6.83. The van der Waals surface area contributed by atoms with Crippen molar-refractivity contribution >= 4 is 16.0 Å². The number of hydrogen-bond acceptors (Lipinski definition) is 4. The summed E-state index contributed by atoms with van der Waals surface area (Å²) in [6.45, 7) is 3.43. The minimum absolute atomic E-state index is 0.0526. The average Bonchev–Trinajstić information content (AvgIpc) is 2.43. The van der Waals surface area contributed by atoms with E-state index >= 15 is 0 Å². The first kappa shape index (κ1) is 16.6. The number of rotatable bonds is 7. The van der Waals surface area contributed by atoms with Crippen molar-refractivity contribution < 1.29 is 23.4 Å². The number of benzene rings is 1. The molecule has 0 heterocycles. The Bertz CT molecular complexity index is 582. The quantitative estimate of drug-likeness (QED) is 0.697. The molecule has 1 rings (SSSR count). The largest absolute Gasteiger partial charge is 0.478 e. The molecular weight excluding hydrogens is 282 g/mol. The molecule has 7 heteroatoms. The summed E-state index contributed by atoms with van der Waals surface area (Å²) in [7, 11) is -3.84. The first-order valence-corrected chi connectivity index (χ1v) is 7.84. The molecule has 1 atom stereocenters. The van der Waals surface area contributed by atoms with Gasteiger partial charge in [-0.3, -0.25) is 0 Å². The third kappa shape index (κ3) is 4.03. The Morgan fingerprint density at radius 2 is 2.00 bits per heavy atom. The fourth-order valence-corrected chi connectivity index (χ4v) is 3.06. The predicted octanol–water partition coefficient (Wildman–Crippen LogP) is 0.996. The molecule has 1 aromatic carbocycles. The van der Waals surface area contributed by atoms with Crippen molar-refractivity contribution in [1.29, 1.82) is 0 Å². The van der Waals surface area contributed by atoms with E-state index in [2.05, 4.69) is 4.72 Å². The van der Waals surface area contributed by atoms with E-state index in [-0.39, 0.29) is 17.0 Å². The summed E-state index contributed by atoms with van der Waals surface area (Å²) >= 11 is 0. The van der Waals surface area contributed by atoms with Gasteiger partial charge in [-0.1, -0.05) is 19.9 Å². The van der Waals surface area contributed by atoms with Gasteiger partial charge in [0.1, 0.15) is 0 Å². The van der Waals surface area contributed by atoms with Crippen molar-refractivity contribution in [3.63, 3.8) is 0 Å². The van der Waals surface area contributed by atoms with Crippen LogP contribution >= 0.6 is 0 Å². The molecule has 0 aliphatic heterocycles. The molecule has 112 valence electrons. The SMILES string of the molecule is CCc1ccc(C(=O)O)cc1S(=O)(=O)NCC(O)CC. The molecule has 0 fully saturated rings. The minimum atomic E-state index is -3.84. The number of aliphatic hydroxyl groups excluding tert-OH is 1. The van der Waals surface area contributed by atoms with Gasteiger partial charge in [-0.05, 0) is 30.5 Å². The van der Waals surface area contributed by atoms with Crippen LogP contribution < -0.4 is 4.72 Å². The zero-order chi connectivity index (χ0) is 15.3. The lowest BCUT2D eigenvalue weighted by Crippen LogP contribution is -2.32. The molecule has 0 aromatic heterocycles. The number of sulfonamides is 1. The van der Waals surface area contributed by atoms with Crippen molar-refractivity contribution in [2.24, 2.45) is 0 Å². The maximum absolute atomic E-state index is 12.2. The lowest BCUT2D eigenvalue weighted by molar-refractivity contribution is 0.0696. The molecule has 6 nitrogen and oxygen atoms in total. The van der Waals surface area contributed by atoms with Crippen molar-refractivity contribution in [3.05, 3.63) is 29.3 Å². The number of carboxylic acid groups (broad SMARTS) is 1. The number of aromatic carboxylic acids is 1. The van der Waals surface area contributed by atoms with E-state index in [0.717, 1.165) is 6.07 Å². The van der Waals surface area contributed by atoms with Gasteiger partial charge in [0.2, 0.25) is 10.0 Å². The van der Waals surface area contributed by atoms with Crippen LogP contribution in [0, 0.1) is 0 Å². The molecule has 0 aliphatic rings. The van der Waals surface area contributed by atoms with Gasteiger partial charge in [0.15, 0.2) is 0 Å². The molecular formula is C13H19NO5S. The van der Waals surface area contributed by atoms with Crippen LogP contribution in [0.4, 0.5) is 0 Å². The second-order valence-corrected chi connectivity index (χ2v) is 6.13. The Hall–Kier alpha value is -1.44. The highest BCUT2D eigenvalue weighted by Gasteiger charge is 2.20. The molecule has 0 spiro atoms. The number of aryl methyl sites for hydroxylation is 1. The topological polar surface area (TPSA) is 104 Å². The van der Waals surface area contributed by atoms with Crippen molar-refractivity contribution in [1.82, 2.24) is 4.72 Å². The first-order valence-electron chi connectivity index (χ1n) is 6.35. The third-order valence-corrected chi connectivity index (χ3v) is 4.47. The van der Waals surface area contributed by atoms with Crippen LogP contribution in [0.15, 0.2) is 23.1 Å². The predicted molar refractivity (Wildman–Crippen MR) is 74.3 cm³/mol. The first-order chi connectivity index (χ1) is 9.31. The smallest absolute Gasteiger partial charge is 0.335 e. The van der Waals surface area contributed by atoms with E-state index in [4.69, 9.17) is 5.11 Å². The molecule has 1 unspecified atom stereocenters. The van der Waals surface area contributed by atoms with E-state index in [0.29, 0.717) is 18.4 Å². The Morgan fingerprint density at radius 1 is 1.35 bits per heavy atom. The number of hydrogen-bond donors (Lipinski definition) is 3. The molecule has 1 aromatic rings. The molecule has 0 saturated heterocycles. The average molecular weight is 301 g/mol. The highest BCUT2D eigenvalue weighted by atomic mass is 32.2. The fraction of sp³-hybridized carbons (Fsp3) is 0.462. The van der Waals surface area contributed by atoms with Crippen LogP contribution in [0.1, 0.15) is 36.2 Å². The van der Waals surface area contributed by atoms with Gasteiger partial charge in [-0.25, -0.2) is 17.9 Å².